The van der Waals surface area contributed by atoms with Gasteiger partial charge in [0, 0.05) is 41.9 Å². The van der Waals surface area contributed by atoms with Gasteiger partial charge in [0.1, 0.15) is 4.70 Å². The predicted octanol–water partition coefficient (Wildman–Crippen LogP) is 3.65. The van der Waals surface area contributed by atoms with E-state index in [0.29, 0.717) is 28.9 Å². The maximum atomic E-state index is 12.6. The third kappa shape index (κ3) is 3.04. The van der Waals surface area contributed by atoms with Crippen molar-refractivity contribution in [3.63, 3.8) is 0 Å². The van der Waals surface area contributed by atoms with Crippen LogP contribution in [0.3, 0.4) is 0 Å². The molecule has 0 bridgehead atoms. The van der Waals surface area contributed by atoms with Crippen molar-refractivity contribution in [2.24, 2.45) is 0 Å². The molecular weight excluding hydrogens is 386 g/mol. The largest absolute Gasteiger partial charge is 0.347 e. The number of nitrogens with one attached hydrogen (secondary N) is 1. The number of nitrogens with zero attached hydrogens (tertiary/aromatic N) is 2. The lowest BCUT2D eigenvalue weighted by atomic mass is 10.0. The second-order valence-electron chi connectivity index (χ2n) is 6.82. The summed E-state index contributed by atoms with van der Waals surface area (Å²) in [5.41, 5.74) is 2.50. The van der Waals surface area contributed by atoms with Crippen molar-refractivity contribution in [3.05, 3.63) is 45.0 Å². The van der Waals surface area contributed by atoms with Crippen molar-refractivity contribution in [2.45, 2.75) is 18.6 Å². The summed E-state index contributed by atoms with van der Waals surface area (Å²) < 4.78 is 12.2. The number of benzene rings is 1. The van der Waals surface area contributed by atoms with Crippen LogP contribution in [-0.2, 0) is 9.47 Å². The fraction of sp³-hybridized carbons (Fsp3) is 0.368. The summed E-state index contributed by atoms with van der Waals surface area (Å²) in [7, 11) is 0. The first-order valence-corrected chi connectivity index (χ1v) is 10.2. The average molecular weight is 404 g/mol. The molecular formula is C19H18ClN3O3S. The Bertz CT molecular complexity index is 1050. The Morgan fingerprint density at radius 3 is 2.74 bits per heavy atom. The molecule has 0 unspecified atom stereocenters. The molecule has 2 aromatic heterocycles. The maximum absolute atomic E-state index is 12.6. The lowest BCUT2D eigenvalue weighted by molar-refractivity contribution is -0.169. The molecule has 2 saturated heterocycles. The molecule has 0 saturated carbocycles. The van der Waals surface area contributed by atoms with Gasteiger partial charge < -0.3 is 14.4 Å². The van der Waals surface area contributed by atoms with Gasteiger partial charge in [0.2, 0.25) is 5.95 Å². The van der Waals surface area contributed by atoms with Crippen molar-refractivity contribution in [3.8, 4) is 11.1 Å². The predicted molar refractivity (Wildman–Crippen MR) is 107 cm³/mol. The summed E-state index contributed by atoms with van der Waals surface area (Å²) in [6.45, 7) is 2.76. The fourth-order valence-corrected chi connectivity index (χ4v) is 4.87. The van der Waals surface area contributed by atoms with Gasteiger partial charge in [0.15, 0.2) is 5.79 Å². The Morgan fingerprint density at radius 2 is 2.00 bits per heavy atom. The molecule has 1 N–H and O–H groups in total. The lowest BCUT2D eigenvalue weighted by Crippen LogP contribution is -2.46. The number of thiophene rings is 1. The molecule has 140 valence electrons. The number of aromatic amines is 1. The Kier molecular flexibility index (Phi) is 4.20. The van der Waals surface area contributed by atoms with Gasteiger partial charge in [-0.3, -0.25) is 9.78 Å². The van der Waals surface area contributed by atoms with Gasteiger partial charge in [-0.15, -0.1) is 11.3 Å². The van der Waals surface area contributed by atoms with Crippen LogP contribution in [0.4, 0.5) is 5.95 Å². The standard InChI is InChI=1S/C19H18ClN3O3S/c20-13-3-1-2-12(10-13)14-11-27-16-15(14)21-18(22-17(16)24)23-6-4-19(5-7-23)25-8-9-26-19/h1-3,10-11H,4-9H2,(H,21,22,24). The number of H-pyrrole nitrogens is 1. The molecule has 0 amide bonds. The number of ether oxygens (including phenoxy) is 2. The van der Waals surface area contributed by atoms with Crippen LogP contribution in [0.1, 0.15) is 12.8 Å². The number of hydrogen-bond donors (Lipinski definition) is 1. The van der Waals surface area contributed by atoms with Crippen LogP contribution in [0.25, 0.3) is 21.3 Å². The lowest BCUT2D eigenvalue weighted by Gasteiger charge is -2.37. The molecule has 1 aromatic carbocycles. The van der Waals surface area contributed by atoms with Crippen molar-refractivity contribution < 1.29 is 9.47 Å². The van der Waals surface area contributed by atoms with Gasteiger partial charge in [-0.1, -0.05) is 23.7 Å². The van der Waals surface area contributed by atoms with Gasteiger partial charge in [-0.05, 0) is 17.7 Å². The Hall–Kier alpha value is -1.93. The summed E-state index contributed by atoms with van der Waals surface area (Å²) in [5.74, 6) is 0.150. The Labute approximate surface area is 164 Å². The average Bonchev–Trinajstić information content (AvgIpc) is 3.30. The van der Waals surface area contributed by atoms with Crippen molar-refractivity contribution in [2.75, 3.05) is 31.2 Å². The third-order valence-electron chi connectivity index (χ3n) is 5.19. The van der Waals surface area contributed by atoms with E-state index in [-0.39, 0.29) is 5.56 Å². The van der Waals surface area contributed by atoms with Crippen molar-refractivity contribution in [1.29, 1.82) is 0 Å². The van der Waals surface area contributed by atoms with Crippen LogP contribution in [0.5, 0.6) is 0 Å². The summed E-state index contributed by atoms with van der Waals surface area (Å²) >= 11 is 7.54. The van der Waals surface area contributed by atoms with Gasteiger partial charge in [0.05, 0.1) is 18.7 Å². The third-order valence-corrected chi connectivity index (χ3v) is 6.39. The minimum Gasteiger partial charge on any atom is -0.347 e. The van der Waals surface area contributed by atoms with E-state index >= 15 is 0 Å². The summed E-state index contributed by atoms with van der Waals surface area (Å²) in [6, 6.07) is 7.61. The summed E-state index contributed by atoms with van der Waals surface area (Å²) in [5, 5.41) is 2.63. The highest BCUT2D eigenvalue weighted by molar-refractivity contribution is 7.17. The van der Waals surface area contributed by atoms with Gasteiger partial charge >= 0.3 is 0 Å². The molecule has 5 rings (SSSR count). The molecule has 27 heavy (non-hydrogen) atoms. The zero-order chi connectivity index (χ0) is 18.4. The number of halogens is 1. The van der Waals surface area contributed by atoms with Crippen LogP contribution in [0.15, 0.2) is 34.4 Å². The van der Waals surface area contributed by atoms with Gasteiger partial charge in [-0.2, -0.15) is 0 Å². The Balaban J connectivity index is 1.51. The molecule has 2 aliphatic heterocycles. The second kappa shape index (κ2) is 6.60. The number of anilines is 1. The van der Waals surface area contributed by atoms with E-state index in [1.807, 2.05) is 29.6 Å². The van der Waals surface area contributed by atoms with Crippen LogP contribution >= 0.6 is 22.9 Å². The van der Waals surface area contributed by atoms with E-state index in [1.165, 1.54) is 11.3 Å². The molecule has 1 spiro atoms. The van der Waals surface area contributed by atoms with E-state index in [9.17, 15) is 4.79 Å². The zero-order valence-corrected chi connectivity index (χ0v) is 16.1. The minimum absolute atomic E-state index is 0.109. The molecule has 8 heteroatoms. The second-order valence-corrected chi connectivity index (χ2v) is 8.14. The topological polar surface area (TPSA) is 67.5 Å². The first-order valence-electron chi connectivity index (χ1n) is 8.94. The first kappa shape index (κ1) is 17.2. The number of hydrogen-bond acceptors (Lipinski definition) is 6. The normalized spacial score (nSPS) is 19.2. The summed E-state index contributed by atoms with van der Waals surface area (Å²) in [6.07, 6.45) is 1.53. The van der Waals surface area contributed by atoms with Crippen LogP contribution in [0, 0.1) is 0 Å². The SMILES string of the molecule is O=c1[nH]c(N2CCC3(CC2)OCCO3)nc2c(-c3cccc(Cl)c3)csc12. The van der Waals surface area contributed by atoms with Crippen molar-refractivity contribution in [1.82, 2.24) is 9.97 Å². The first-order chi connectivity index (χ1) is 13.1. The number of piperidine rings is 1. The quantitative estimate of drug-likeness (QED) is 0.707. The minimum atomic E-state index is -0.449. The van der Waals surface area contributed by atoms with Crippen LogP contribution < -0.4 is 10.5 Å². The molecule has 0 atom stereocenters. The molecule has 6 nitrogen and oxygen atoms in total. The molecule has 0 radical (unpaired) electrons. The highest BCUT2D eigenvalue weighted by atomic mass is 35.5. The maximum Gasteiger partial charge on any atom is 0.270 e. The van der Waals surface area contributed by atoms with E-state index in [2.05, 4.69) is 9.88 Å². The Morgan fingerprint density at radius 1 is 1.22 bits per heavy atom. The van der Waals surface area contributed by atoms with E-state index in [0.717, 1.165) is 42.6 Å². The summed E-state index contributed by atoms with van der Waals surface area (Å²) in [4.78, 5) is 22.4. The molecule has 0 aliphatic carbocycles. The molecule has 2 fully saturated rings. The highest BCUT2D eigenvalue weighted by Crippen LogP contribution is 2.35. The van der Waals surface area contributed by atoms with Gasteiger partial charge in [-0.25, -0.2) is 4.98 Å². The van der Waals surface area contributed by atoms with E-state index < -0.39 is 5.79 Å². The van der Waals surface area contributed by atoms with E-state index in [4.69, 9.17) is 26.1 Å². The van der Waals surface area contributed by atoms with Gasteiger partial charge in [0.25, 0.3) is 5.56 Å². The highest BCUT2D eigenvalue weighted by Gasteiger charge is 2.40. The van der Waals surface area contributed by atoms with Crippen LogP contribution in [-0.4, -0.2) is 42.1 Å². The number of rotatable bonds is 2. The van der Waals surface area contributed by atoms with E-state index in [1.54, 1.807) is 0 Å². The number of fused-ring (bicyclic) bond motifs is 1. The number of aromatic nitrogens is 2. The molecule has 3 aromatic rings. The van der Waals surface area contributed by atoms with Crippen molar-refractivity contribution >= 4 is 39.1 Å². The fourth-order valence-electron chi connectivity index (χ4n) is 3.77. The smallest absolute Gasteiger partial charge is 0.270 e. The molecule has 2 aliphatic rings. The van der Waals surface area contributed by atoms with Crippen LogP contribution in [0.2, 0.25) is 5.02 Å². The monoisotopic (exact) mass is 403 g/mol. The molecule has 4 heterocycles. The zero-order valence-electron chi connectivity index (χ0n) is 14.5.